The lowest BCUT2D eigenvalue weighted by Gasteiger charge is -2.34. The molecule has 0 aromatic rings. The maximum absolute atomic E-state index is 12.7. The van der Waals surface area contributed by atoms with E-state index in [4.69, 9.17) is 5.73 Å². The van der Waals surface area contributed by atoms with Gasteiger partial charge in [0.05, 0.1) is 5.92 Å². The summed E-state index contributed by atoms with van der Waals surface area (Å²) in [5, 5.41) is 2.85. The normalized spacial score (nSPS) is 23.2. The molecule has 0 spiro atoms. The van der Waals surface area contributed by atoms with E-state index in [1.807, 2.05) is 4.90 Å². The minimum Gasteiger partial charge on any atom is -0.355 e. The highest BCUT2D eigenvalue weighted by atomic mass is 35.5. The zero-order valence-electron chi connectivity index (χ0n) is 15.0. The average molecular weight is 360 g/mol. The van der Waals surface area contributed by atoms with E-state index in [-0.39, 0.29) is 36.1 Å². The summed E-state index contributed by atoms with van der Waals surface area (Å²) in [5.74, 6) is 1.03. The van der Waals surface area contributed by atoms with Crippen molar-refractivity contribution < 1.29 is 9.59 Å². The van der Waals surface area contributed by atoms with Crippen molar-refractivity contribution in [2.75, 3.05) is 26.2 Å². The average Bonchev–Trinajstić information content (AvgIpc) is 2.60. The van der Waals surface area contributed by atoms with Crippen LogP contribution in [-0.2, 0) is 9.59 Å². The Morgan fingerprint density at radius 1 is 1.17 bits per heavy atom. The fourth-order valence-electron chi connectivity index (χ4n) is 4.07. The summed E-state index contributed by atoms with van der Waals surface area (Å²) < 4.78 is 0. The molecule has 2 aliphatic rings. The number of hydrogen-bond acceptors (Lipinski definition) is 3. The van der Waals surface area contributed by atoms with E-state index in [9.17, 15) is 9.59 Å². The van der Waals surface area contributed by atoms with Crippen molar-refractivity contribution in [1.82, 2.24) is 10.2 Å². The van der Waals surface area contributed by atoms with Crippen molar-refractivity contribution in [2.24, 2.45) is 23.5 Å². The van der Waals surface area contributed by atoms with E-state index in [0.717, 1.165) is 31.7 Å². The number of carbonyl (C=O) groups excluding carboxylic acids is 2. The summed E-state index contributed by atoms with van der Waals surface area (Å²) in [5.41, 5.74) is 5.43. The molecule has 1 saturated carbocycles. The smallest absolute Gasteiger partial charge is 0.225 e. The molecule has 1 saturated heterocycles. The molecule has 6 heteroatoms. The van der Waals surface area contributed by atoms with Crippen molar-refractivity contribution >= 4 is 24.2 Å². The Labute approximate surface area is 152 Å². The largest absolute Gasteiger partial charge is 0.355 e. The number of amides is 2. The summed E-state index contributed by atoms with van der Waals surface area (Å²) >= 11 is 0. The molecule has 2 amide bonds. The van der Waals surface area contributed by atoms with Crippen LogP contribution in [0, 0.1) is 17.8 Å². The first-order valence-corrected chi connectivity index (χ1v) is 9.38. The SMILES string of the molecule is CC(CC1CCCCC1)C(=O)N1CCCC(C(=O)NCCN)C1.Cl. The maximum atomic E-state index is 12.7. The van der Waals surface area contributed by atoms with Gasteiger partial charge in [0, 0.05) is 32.1 Å². The number of piperidine rings is 1. The summed E-state index contributed by atoms with van der Waals surface area (Å²) in [6.07, 6.45) is 9.35. The highest BCUT2D eigenvalue weighted by Crippen LogP contribution is 2.30. The summed E-state index contributed by atoms with van der Waals surface area (Å²) in [7, 11) is 0. The molecule has 2 fully saturated rings. The van der Waals surface area contributed by atoms with E-state index in [1.165, 1.54) is 32.1 Å². The van der Waals surface area contributed by atoms with Crippen molar-refractivity contribution in [2.45, 2.75) is 58.3 Å². The van der Waals surface area contributed by atoms with Gasteiger partial charge in [-0.3, -0.25) is 9.59 Å². The maximum Gasteiger partial charge on any atom is 0.225 e. The Balaban J connectivity index is 0.00000288. The van der Waals surface area contributed by atoms with Crippen LogP contribution in [0.25, 0.3) is 0 Å². The predicted molar refractivity (Wildman–Crippen MR) is 99.0 cm³/mol. The fraction of sp³-hybridized carbons (Fsp3) is 0.889. The summed E-state index contributed by atoms with van der Waals surface area (Å²) in [6, 6.07) is 0. The Hall–Kier alpha value is -0.810. The van der Waals surface area contributed by atoms with Crippen molar-refractivity contribution in [1.29, 1.82) is 0 Å². The zero-order valence-corrected chi connectivity index (χ0v) is 15.8. The molecule has 1 aliphatic carbocycles. The Morgan fingerprint density at radius 2 is 1.88 bits per heavy atom. The molecule has 0 aromatic heterocycles. The molecule has 5 nitrogen and oxygen atoms in total. The number of nitrogens with two attached hydrogens (primary N) is 1. The van der Waals surface area contributed by atoms with Gasteiger partial charge in [-0.05, 0) is 25.2 Å². The Kier molecular flexibility index (Phi) is 9.67. The quantitative estimate of drug-likeness (QED) is 0.764. The Morgan fingerprint density at radius 3 is 2.54 bits per heavy atom. The first kappa shape index (κ1) is 21.2. The molecule has 0 aromatic carbocycles. The molecule has 2 unspecified atom stereocenters. The molecular formula is C18H34ClN3O2. The lowest BCUT2D eigenvalue weighted by atomic mass is 9.82. The third-order valence-electron chi connectivity index (χ3n) is 5.38. The van der Waals surface area contributed by atoms with Crippen LogP contribution in [0.5, 0.6) is 0 Å². The highest BCUT2D eigenvalue weighted by molar-refractivity contribution is 5.85. The fourth-order valence-corrected chi connectivity index (χ4v) is 4.07. The van der Waals surface area contributed by atoms with Gasteiger partial charge in [0.15, 0.2) is 0 Å². The van der Waals surface area contributed by atoms with Crippen LogP contribution in [0.3, 0.4) is 0 Å². The van der Waals surface area contributed by atoms with Crippen LogP contribution in [-0.4, -0.2) is 42.9 Å². The standard InChI is InChI=1S/C18H33N3O2.ClH/c1-14(12-15-6-3-2-4-7-15)18(23)21-11-5-8-16(13-21)17(22)20-10-9-19;/h14-16H,2-13,19H2,1H3,(H,20,22);1H. The first-order chi connectivity index (χ1) is 11.1. The van der Waals surface area contributed by atoms with Gasteiger partial charge in [0.2, 0.25) is 11.8 Å². The van der Waals surface area contributed by atoms with Crippen LogP contribution < -0.4 is 11.1 Å². The summed E-state index contributed by atoms with van der Waals surface area (Å²) in [4.78, 5) is 26.8. The van der Waals surface area contributed by atoms with Gasteiger partial charge in [-0.15, -0.1) is 12.4 Å². The second kappa shape index (κ2) is 10.9. The molecule has 3 N–H and O–H groups in total. The van der Waals surface area contributed by atoms with E-state index >= 15 is 0 Å². The second-order valence-electron chi connectivity index (χ2n) is 7.34. The van der Waals surface area contributed by atoms with Gasteiger partial charge in [0.25, 0.3) is 0 Å². The molecule has 0 bridgehead atoms. The van der Waals surface area contributed by atoms with E-state index in [0.29, 0.717) is 19.6 Å². The number of carbonyl (C=O) groups is 2. The third-order valence-corrected chi connectivity index (χ3v) is 5.38. The van der Waals surface area contributed by atoms with Gasteiger partial charge in [-0.1, -0.05) is 39.0 Å². The van der Waals surface area contributed by atoms with Crippen molar-refractivity contribution in [3.8, 4) is 0 Å². The molecule has 1 aliphatic heterocycles. The van der Waals surface area contributed by atoms with Gasteiger partial charge < -0.3 is 16.0 Å². The van der Waals surface area contributed by atoms with E-state index < -0.39 is 0 Å². The lowest BCUT2D eigenvalue weighted by molar-refractivity contribution is -0.139. The van der Waals surface area contributed by atoms with E-state index in [1.54, 1.807) is 0 Å². The molecular weight excluding hydrogens is 326 g/mol. The molecule has 24 heavy (non-hydrogen) atoms. The molecule has 2 atom stereocenters. The predicted octanol–water partition coefficient (Wildman–Crippen LogP) is 2.33. The van der Waals surface area contributed by atoms with Crippen LogP contribution in [0.4, 0.5) is 0 Å². The minimum atomic E-state index is -0.0684. The van der Waals surface area contributed by atoms with Gasteiger partial charge in [-0.25, -0.2) is 0 Å². The number of rotatable bonds is 6. The Bertz CT molecular complexity index is 400. The van der Waals surface area contributed by atoms with Gasteiger partial charge in [0.1, 0.15) is 0 Å². The van der Waals surface area contributed by atoms with Gasteiger partial charge >= 0.3 is 0 Å². The van der Waals surface area contributed by atoms with Crippen LogP contribution in [0.15, 0.2) is 0 Å². The number of hydrogen-bond donors (Lipinski definition) is 2. The molecule has 2 rings (SSSR count). The topological polar surface area (TPSA) is 75.4 Å². The third kappa shape index (κ3) is 6.25. The van der Waals surface area contributed by atoms with Crippen molar-refractivity contribution in [3.05, 3.63) is 0 Å². The first-order valence-electron chi connectivity index (χ1n) is 9.38. The number of halogens is 1. The highest BCUT2D eigenvalue weighted by Gasteiger charge is 2.31. The monoisotopic (exact) mass is 359 g/mol. The number of likely N-dealkylation sites (tertiary alicyclic amines) is 1. The van der Waals surface area contributed by atoms with Crippen molar-refractivity contribution in [3.63, 3.8) is 0 Å². The minimum absolute atomic E-state index is 0. The van der Waals surface area contributed by atoms with Crippen LogP contribution in [0.1, 0.15) is 58.3 Å². The molecule has 140 valence electrons. The number of nitrogens with zero attached hydrogens (tertiary/aromatic N) is 1. The summed E-state index contributed by atoms with van der Waals surface area (Å²) in [6.45, 7) is 4.41. The van der Waals surface area contributed by atoms with Gasteiger partial charge in [-0.2, -0.15) is 0 Å². The van der Waals surface area contributed by atoms with Crippen LogP contribution >= 0.6 is 12.4 Å². The van der Waals surface area contributed by atoms with Crippen LogP contribution in [0.2, 0.25) is 0 Å². The molecule has 0 radical (unpaired) electrons. The zero-order chi connectivity index (χ0) is 16.7. The second-order valence-corrected chi connectivity index (χ2v) is 7.34. The number of nitrogens with one attached hydrogen (secondary N) is 1. The molecule has 1 heterocycles. The lowest BCUT2D eigenvalue weighted by Crippen LogP contribution is -2.47. The van der Waals surface area contributed by atoms with E-state index in [2.05, 4.69) is 12.2 Å².